The van der Waals surface area contributed by atoms with E-state index in [0.29, 0.717) is 13.0 Å². The molecular weight excluding hydrogens is 368 g/mol. The highest BCUT2D eigenvalue weighted by atomic mass is 16.2. The molecule has 7 nitrogen and oxygen atoms in total. The van der Waals surface area contributed by atoms with Crippen LogP contribution >= 0.6 is 0 Å². The number of hydrogen-bond acceptors (Lipinski definition) is 3. The van der Waals surface area contributed by atoms with Crippen LogP contribution in [0.2, 0.25) is 0 Å². The Labute approximate surface area is 170 Å². The molecule has 0 bridgehead atoms. The van der Waals surface area contributed by atoms with Crippen LogP contribution in [0.5, 0.6) is 0 Å². The van der Waals surface area contributed by atoms with E-state index in [1.165, 1.54) is 4.90 Å². The lowest BCUT2D eigenvalue weighted by molar-refractivity contribution is -0.131. The van der Waals surface area contributed by atoms with Crippen molar-refractivity contribution in [1.82, 2.24) is 20.9 Å². The average molecular weight is 394 g/mol. The molecule has 0 aromatic heterocycles. The normalized spacial score (nSPS) is 18.7. The Kier molecular flexibility index (Phi) is 6.84. The van der Waals surface area contributed by atoms with Crippen molar-refractivity contribution in [2.24, 2.45) is 0 Å². The van der Waals surface area contributed by atoms with E-state index < -0.39 is 12.1 Å². The lowest BCUT2D eigenvalue weighted by Gasteiger charge is -2.41. The quantitative estimate of drug-likeness (QED) is 0.693. The third kappa shape index (κ3) is 5.34. The maximum absolute atomic E-state index is 13.1. The zero-order valence-electron chi connectivity index (χ0n) is 16.4. The Hall–Kier alpha value is -3.35. The predicted molar refractivity (Wildman–Crippen MR) is 110 cm³/mol. The Morgan fingerprint density at radius 3 is 2.28 bits per heavy atom. The fourth-order valence-corrected chi connectivity index (χ4v) is 3.50. The molecule has 2 atom stereocenters. The van der Waals surface area contributed by atoms with Crippen LogP contribution in [0.15, 0.2) is 60.7 Å². The summed E-state index contributed by atoms with van der Waals surface area (Å²) in [7, 11) is 1.56. The maximum atomic E-state index is 13.1. The average Bonchev–Trinajstić information content (AvgIpc) is 2.75. The summed E-state index contributed by atoms with van der Waals surface area (Å²) in [5.41, 5.74) is 1.92. The molecule has 2 aromatic carbocycles. The van der Waals surface area contributed by atoms with Crippen molar-refractivity contribution in [2.75, 3.05) is 13.6 Å². The van der Waals surface area contributed by atoms with Crippen LogP contribution < -0.4 is 16.0 Å². The van der Waals surface area contributed by atoms with Crippen molar-refractivity contribution in [1.29, 1.82) is 0 Å². The minimum atomic E-state index is -0.684. The van der Waals surface area contributed by atoms with Gasteiger partial charge in [0.15, 0.2) is 0 Å². The molecule has 29 heavy (non-hydrogen) atoms. The van der Waals surface area contributed by atoms with E-state index in [0.717, 1.165) is 11.1 Å². The molecule has 7 heteroatoms. The van der Waals surface area contributed by atoms with Gasteiger partial charge in [-0.05, 0) is 11.1 Å². The fraction of sp³-hybridized carbons (Fsp3) is 0.318. The number of hydrogen-bond donors (Lipinski definition) is 3. The van der Waals surface area contributed by atoms with E-state index in [4.69, 9.17) is 0 Å². The van der Waals surface area contributed by atoms with Gasteiger partial charge in [0.1, 0.15) is 6.04 Å². The minimum Gasteiger partial charge on any atom is -0.359 e. The smallest absolute Gasteiger partial charge is 0.318 e. The number of carbonyl (C=O) groups is 3. The monoisotopic (exact) mass is 394 g/mol. The second-order valence-electron chi connectivity index (χ2n) is 7.03. The zero-order chi connectivity index (χ0) is 20.6. The molecule has 1 heterocycles. The van der Waals surface area contributed by atoms with Gasteiger partial charge < -0.3 is 20.9 Å². The van der Waals surface area contributed by atoms with E-state index >= 15 is 0 Å². The third-order valence-electron chi connectivity index (χ3n) is 5.04. The SMILES string of the molecule is CNC(=O)CC1CNC(=O)C(Cc2ccccc2)N1C(=O)NCc1ccccc1. The molecule has 0 aliphatic carbocycles. The van der Waals surface area contributed by atoms with Crippen molar-refractivity contribution >= 4 is 17.8 Å². The van der Waals surface area contributed by atoms with E-state index in [2.05, 4.69) is 16.0 Å². The first kappa shape index (κ1) is 20.4. The van der Waals surface area contributed by atoms with Gasteiger partial charge in [0.05, 0.1) is 6.04 Å². The molecule has 0 radical (unpaired) electrons. The van der Waals surface area contributed by atoms with Crippen LogP contribution in [0.3, 0.4) is 0 Å². The van der Waals surface area contributed by atoms with Crippen molar-refractivity contribution < 1.29 is 14.4 Å². The highest BCUT2D eigenvalue weighted by Gasteiger charge is 2.40. The molecule has 2 aromatic rings. The van der Waals surface area contributed by atoms with Gasteiger partial charge in [0.25, 0.3) is 0 Å². The molecule has 152 valence electrons. The molecule has 1 aliphatic heterocycles. The van der Waals surface area contributed by atoms with Crippen molar-refractivity contribution in [2.45, 2.75) is 31.5 Å². The summed E-state index contributed by atoms with van der Waals surface area (Å²) in [4.78, 5) is 39.3. The molecule has 4 amide bonds. The number of piperazine rings is 1. The van der Waals surface area contributed by atoms with Crippen LogP contribution in [0.1, 0.15) is 17.5 Å². The second kappa shape index (κ2) is 9.73. The Morgan fingerprint density at radius 2 is 1.66 bits per heavy atom. The first-order valence-electron chi connectivity index (χ1n) is 9.70. The number of nitrogens with one attached hydrogen (secondary N) is 3. The van der Waals surface area contributed by atoms with Gasteiger partial charge in [-0.2, -0.15) is 0 Å². The highest BCUT2D eigenvalue weighted by molar-refractivity contribution is 5.89. The zero-order valence-corrected chi connectivity index (χ0v) is 16.4. The van der Waals surface area contributed by atoms with Crippen LogP contribution in [-0.4, -0.2) is 48.4 Å². The lowest BCUT2D eigenvalue weighted by Crippen LogP contribution is -2.65. The van der Waals surface area contributed by atoms with Crippen LogP contribution in [0.4, 0.5) is 4.79 Å². The molecular formula is C22H26N4O3. The third-order valence-corrected chi connectivity index (χ3v) is 5.04. The topological polar surface area (TPSA) is 90.5 Å². The molecule has 0 saturated carbocycles. The molecule has 0 spiro atoms. The molecule has 3 N–H and O–H groups in total. The summed E-state index contributed by atoms with van der Waals surface area (Å²) in [6, 6.07) is 17.7. The van der Waals surface area contributed by atoms with Crippen molar-refractivity contribution in [3.05, 3.63) is 71.8 Å². The van der Waals surface area contributed by atoms with Gasteiger partial charge in [-0.1, -0.05) is 60.7 Å². The first-order chi connectivity index (χ1) is 14.1. The maximum Gasteiger partial charge on any atom is 0.318 e. The van der Waals surface area contributed by atoms with Crippen molar-refractivity contribution in [3.8, 4) is 0 Å². The first-order valence-corrected chi connectivity index (χ1v) is 9.70. The van der Waals surface area contributed by atoms with Gasteiger partial charge in [-0.3, -0.25) is 9.59 Å². The molecule has 1 saturated heterocycles. The van der Waals surface area contributed by atoms with Gasteiger partial charge in [-0.15, -0.1) is 0 Å². The van der Waals surface area contributed by atoms with Crippen LogP contribution in [0.25, 0.3) is 0 Å². The number of rotatable bonds is 6. The summed E-state index contributed by atoms with van der Waals surface area (Å²) in [6.07, 6.45) is 0.510. The predicted octanol–water partition coefficient (Wildman–Crippen LogP) is 1.44. The molecule has 3 rings (SSSR count). The highest BCUT2D eigenvalue weighted by Crippen LogP contribution is 2.19. The van der Waals surface area contributed by atoms with E-state index in [1.54, 1.807) is 7.05 Å². The standard InChI is InChI=1S/C22H26N4O3/c1-23-20(27)13-18-15-24-21(28)19(12-16-8-4-2-5-9-16)26(18)22(29)25-14-17-10-6-3-7-11-17/h2-11,18-19H,12-15H2,1H3,(H,23,27)(H,24,28)(H,25,29). The molecule has 2 unspecified atom stereocenters. The number of benzene rings is 2. The van der Waals surface area contributed by atoms with E-state index in [-0.39, 0.29) is 30.8 Å². The fourth-order valence-electron chi connectivity index (χ4n) is 3.50. The van der Waals surface area contributed by atoms with Gasteiger partial charge in [0, 0.05) is 33.0 Å². The van der Waals surface area contributed by atoms with Crippen molar-refractivity contribution in [3.63, 3.8) is 0 Å². The second-order valence-corrected chi connectivity index (χ2v) is 7.03. The molecule has 1 fully saturated rings. The lowest BCUT2D eigenvalue weighted by atomic mass is 9.98. The largest absolute Gasteiger partial charge is 0.359 e. The number of amides is 4. The number of nitrogens with zero attached hydrogens (tertiary/aromatic N) is 1. The van der Waals surface area contributed by atoms with E-state index in [1.807, 2.05) is 60.7 Å². The van der Waals surface area contributed by atoms with E-state index in [9.17, 15) is 14.4 Å². The summed E-state index contributed by atoms with van der Waals surface area (Å²) in [5.74, 6) is -0.387. The summed E-state index contributed by atoms with van der Waals surface area (Å²) >= 11 is 0. The summed E-state index contributed by atoms with van der Waals surface area (Å²) in [5, 5.41) is 8.35. The van der Waals surface area contributed by atoms with Crippen LogP contribution in [-0.2, 0) is 22.6 Å². The minimum absolute atomic E-state index is 0.126. The summed E-state index contributed by atoms with van der Waals surface area (Å²) in [6.45, 7) is 0.596. The van der Waals surface area contributed by atoms with Gasteiger partial charge >= 0.3 is 6.03 Å². The summed E-state index contributed by atoms with van der Waals surface area (Å²) < 4.78 is 0. The number of urea groups is 1. The Morgan fingerprint density at radius 1 is 1.03 bits per heavy atom. The Balaban J connectivity index is 1.81. The van der Waals surface area contributed by atoms with Crippen LogP contribution in [0, 0.1) is 0 Å². The number of carbonyl (C=O) groups excluding carboxylic acids is 3. The Bertz CT molecular complexity index is 842. The van der Waals surface area contributed by atoms with Gasteiger partial charge in [0.2, 0.25) is 11.8 Å². The molecule has 1 aliphatic rings. The van der Waals surface area contributed by atoms with Gasteiger partial charge in [-0.25, -0.2) is 4.79 Å².